The molecule has 72 valence electrons. The lowest BCUT2D eigenvalue weighted by Gasteiger charge is -2.32. The Morgan fingerprint density at radius 3 is 3.00 bits per heavy atom. The Morgan fingerprint density at radius 2 is 2.38 bits per heavy atom. The Balaban J connectivity index is 2.14. The van der Waals surface area contributed by atoms with Crippen LogP contribution in [-0.4, -0.2) is 33.4 Å². The molecule has 2 rings (SSSR count). The summed E-state index contributed by atoms with van der Waals surface area (Å²) in [5.41, 5.74) is 0. The van der Waals surface area contributed by atoms with E-state index in [9.17, 15) is 0 Å². The van der Waals surface area contributed by atoms with E-state index in [1.165, 1.54) is 19.0 Å². The minimum atomic E-state index is 0.249. The Hall–Kier alpha value is -1.03. The van der Waals surface area contributed by atoms with Crippen LogP contribution < -0.4 is 0 Å². The van der Waals surface area contributed by atoms with Gasteiger partial charge in [-0.3, -0.25) is 9.58 Å². The summed E-state index contributed by atoms with van der Waals surface area (Å²) in [6, 6.07) is 0. The number of piperidine rings is 1. The van der Waals surface area contributed by atoms with Gasteiger partial charge in [-0.25, -0.2) is 0 Å². The van der Waals surface area contributed by atoms with Crippen LogP contribution in [0.1, 0.15) is 25.4 Å². The van der Waals surface area contributed by atoms with Gasteiger partial charge in [0.1, 0.15) is 6.17 Å². The molecule has 0 amide bonds. The molecule has 0 radical (unpaired) electrons. The van der Waals surface area contributed by atoms with Crippen LogP contribution in [0.25, 0.3) is 0 Å². The van der Waals surface area contributed by atoms with Crippen molar-refractivity contribution < 1.29 is 5.11 Å². The molecule has 1 aliphatic heterocycles. The highest BCUT2D eigenvalue weighted by molar-refractivity contribution is 5.09. The van der Waals surface area contributed by atoms with E-state index in [1.54, 1.807) is 6.20 Å². The zero-order valence-corrected chi connectivity index (χ0v) is 7.85. The molecule has 1 saturated heterocycles. The van der Waals surface area contributed by atoms with E-state index < -0.39 is 0 Å². The molecule has 0 aliphatic carbocycles. The van der Waals surface area contributed by atoms with Crippen LogP contribution in [-0.2, 0) is 0 Å². The number of aromatic nitrogens is 2. The van der Waals surface area contributed by atoms with E-state index in [0.717, 1.165) is 13.0 Å². The first-order valence-electron chi connectivity index (χ1n) is 4.71. The van der Waals surface area contributed by atoms with E-state index in [0.29, 0.717) is 6.17 Å². The van der Waals surface area contributed by atoms with E-state index in [4.69, 9.17) is 5.11 Å². The summed E-state index contributed by atoms with van der Waals surface area (Å²) in [4.78, 5) is 2.27. The molecule has 1 aliphatic rings. The van der Waals surface area contributed by atoms with Gasteiger partial charge in [-0.2, -0.15) is 5.10 Å². The monoisotopic (exact) mass is 181 g/mol. The summed E-state index contributed by atoms with van der Waals surface area (Å²) < 4.78 is 1.84. The Labute approximate surface area is 77.8 Å². The average Bonchev–Trinajstić information content (AvgIpc) is 2.53. The largest absolute Gasteiger partial charge is 0.505 e. The first-order chi connectivity index (χ1) is 6.27. The Bertz CT molecular complexity index is 284. The van der Waals surface area contributed by atoms with Crippen LogP contribution in [0.5, 0.6) is 5.75 Å². The van der Waals surface area contributed by atoms with Gasteiger partial charge in [0.25, 0.3) is 0 Å². The van der Waals surface area contributed by atoms with Gasteiger partial charge in [0, 0.05) is 0 Å². The molecule has 1 aromatic heterocycles. The molecule has 1 fully saturated rings. The molecule has 0 aromatic carbocycles. The number of aromatic hydroxyl groups is 1. The van der Waals surface area contributed by atoms with E-state index in [2.05, 4.69) is 17.0 Å². The van der Waals surface area contributed by atoms with Crippen LogP contribution in [0.2, 0.25) is 0 Å². The van der Waals surface area contributed by atoms with Gasteiger partial charge in [-0.1, -0.05) is 0 Å². The Kier molecular flexibility index (Phi) is 2.22. The first kappa shape index (κ1) is 8.56. The standard InChI is InChI=1S/C9H15N3O/c1-11-5-3-2-4-9(11)12-7-8(13)6-10-12/h6-7,9,13H,2-5H2,1H3. The van der Waals surface area contributed by atoms with Crippen molar-refractivity contribution in [1.82, 2.24) is 14.7 Å². The smallest absolute Gasteiger partial charge is 0.153 e. The fraction of sp³-hybridized carbons (Fsp3) is 0.667. The molecule has 0 bridgehead atoms. The van der Waals surface area contributed by atoms with Gasteiger partial charge >= 0.3 is 0 Å². The summed E-state index contributed by atoms with van der Waals surface area (Å²) in [6.07, 6.45) is 7.14. The second-order valence-corrected chi connectivity index (χ2v) is 3.64. The second kappa shape index (κ2) is 3.38. The van der Waals surface area contributed by atoms with Crippen LogP contribution in [0.3, 0.4) is 0 Å². The molecule has 4 heteroatoms. The van der Waals surface area contributed by atoms with E-state index in [-0.39, 0.29) is 5.75 Å². The van der Waals surface area contributed by atoms with Crippen molar-refractivity contribution in [1.29, 1.82) is 0 Å². The van der Waals surface area contributed by atoms with Crippen molar-refractivity contribution in [2.24, 2.45) is 0 Å². The highest BCUT2D eigenvalue weighted by Gasteiger charge is 2.20. The topological polar surface area (TPSA) is 41.3 Å². The quantitative estimate of drug-likeness (QED) is 0.707. The van der Waals surface area contributed by atoms with E-state index in [1.807, 2.05) is 4.68 Å². The molecule has 4 nitrogen and oxygen atoms in total. The lowest BCUT2D eigenvalue weighted by atomic mass is 10.1. The molecule has 13 heavy (non-hydrogen) atoms. The molecule has 2 heterocycles. The minimum Gasteiger partial charge on any atom is -0.505 e. The van der Waals surface area contributed by atoms with Crippen molar-refractivity contribution in [3.8, 4) is 5.75 Å². The van der Waals surface area contributed by atoms with Crippen LogP contribution in [0.4, 0.5) is 0 Å². The number of hydrogen-bond donors (Lipinski definition) is 1. The lowest BCUT2D eigenvalue weighted by molar-refractivity contribution is 0.115. The van der Waals surface area contributed by atoms with Crippen LogP contribution in [0.15, 0.2) is 12.4 Å². The SMILES string of the molecule is CN1CCCCC1n1cc(O)cn1. The third kappa shape index (κ3) is 1.67. The average molecular weight is 181 g/mol. The summed E-state index contributed by atoms with van der Waals surface area (Å²) in [7, 11) is 2.10. The second-order valence-electron chi connectivity index (χ2n) is 3.64. The third-order valence-electron chi connectivity index (χ3n) is 2.63. The normalized spacial score (nSPS) is 24.8. The van der Waals surface area contributed by atoms with Crippen molar-refractivity contribution in [3.05, 3.63) is 12.4 Å². The third-order valence-corrected chi connectivity index (χ3v) is 2.63. The molecule has 1 aromatic rings. The van der Waals surface area contributed by atoms with Gasteiger partial charge in [0.2, 0.25) is 0 Å². The summed E-state index contributed by atoms with van der Waals surface area (Å²) in [5, 5.41) is 13.3. The zero-order chi connectivity index (χ0) is 9.26. The fourth-order valence-electron chi connectivity index (χ4n) is 1.88. The van der Waals surface area contributed by atoms with E-state index >= 15 is 0 Å². The van der Waals surface area contributed by atoms with Crippen molar-refractivity contribution in [3.63, 3.8) is 0 Å². The number of rotatable bonds is 1. The predicted octanol–water partition coefficient (Wildman–Crippen LogP) is 1.20. The first-order valence-corrected chi connectivity index (χ1v) is 4.71. The number of likely N-dealkylation sites (tertiary alicyclic amines) is 1. The molecular weight excluding hydrogens is 166 g/mol. The van der Waals surface area contributed by atoms with Crippen LogP contribution in [0, 0.1) is 0 Å². The van der Waals surface area contributed by atoms with Gasteiger partial charge < -0.3 is 5.11 Å². The van der Waals surface area contributed by atoms with Crippen molar-refractivity contribution in [2.75, 3.05) is 13.6 Å². The summed E-state index contributed by atoms with van der Waals surface area (Å²) >= 11 is 0. The number of hydrogen-bond acceptors (Lipinski definition) is 3. The summed E-state index contributed by atoms with van der Waals surface area (Å²) in [6.45, 7) is 1.12. The minimum absolute atomic E-state index is 0.249. The summed E-state index contributed by atoms with van der Waals surface area (Å²) in [5.74, 6) is 0.249. The maximum Gasteiger partial charge on any atom is 0.153 e. The Morgan fingerprint density at radius 1 is 1.54 bits per heavy atom. The maximum atomic E-state index is 9.17. The van der Waals surface area contributed by atoms with Crippen LogP contribution >= 0.6 is 0 Å². The van der Waals surface area contributed by atoms with Gasteiger partial charge in [-0.05, 0) is 32.9 Å². The van der Waals surface area contributed by atoms with Gasteiger partial charge in [0.05, 0.1) is 12.4 Å². The van der Waals surface area contributed by atoms with Gasteiger partial charge in [0.15, 0.2) is 5.75 Å². The molecular formula is C9H15N3O. The lowest BCUT2D eigenvalue weighted by Crippen LogP contribution is -2.33. The molecule has 0 spiro atoms. The fourth-order valence-corrected chi connectivity index (χ4v) is 1.88. The molecule has 0 saturated carbocycles. The maximum absolute atomic E-state index is 9.17. The van der Waals surface area contributed by atoms with Crippen molar-refractivity contribution >= 4 is 0 Å². The molecule has 1 unspecified atom stereocenters. The predicted molar refractivity (Wildman–Crippen MR) is 49.4 cm³/mol. The number of nitrogens with zero attached hydrogens (tertiary/aromatic N) is 3. The zero-order valence-electron chi connectivity index (χ0n) is 7.85. The van der Waals surface area contributed by atoms with Crippen molar-refractivity contribution in [2.45, 2.75) is 25.4 Å². The van der Waals surface area contributed by atoms with Gasteiger partial charge in [-0.15, -0.1) is 0 Å². The molecule has 1 atom stereocenters. The molecule has 1 N–H and O–H groups in total. The highest BCUT2D eigenvalue weighted by atomic mass is 16.3. The highest BCUT2D eigenvalue weighted by Crippen LogP contribution is 2.24.